The Morgan fingerprint density at radius 2 is 2.30 bits per heavy atom. The van der Waals surface area contributed by atoms with Gasteiger partial charge >= 0.3 is 0 Å². The molecule has 2 aliphatic heterocycles. The van der Waals surface area contributed by atoms with Crippen molar-refractivity contribution in [1.82, 2.24) is 10.2 Å². The second-order valence-corrected chi connectivity index (χ2v) is 6.10. The van der Waals surface area contributed by atoms with Crippen LogP contribution in [0.25, 0.3) is 0 Å². The Hall–Kier alpha value is -1.35. The molecule has 1 amide bonds. The number of benzene rings is 1. The first kappa shape index (κ1) is 13.6. The van der Waals surface area contributed by atoms with E-state index in [1.807, 2.05) is 11.0 Å². The predicted octanol–water partition coefficient (Wildman–Crippen LogP) is 2.59. The molecule has 1 saturated heterocycles. The first-order valence-electron chi connectivity index (χ1n) is 7.89. The normalized spacial score (nSPS) is 21.9. The molecule has 1 unspecified atom stereocenters. The van der Waals surface area contributed by atoms with Crippen molar-refractivity contribution >= 4 is 5.91 Å². The Bertz CT molecular complexity index is 498. The Kier molecular flexibility index (Phi) is 4.06. The van der Waals surface area contributed by atoms with Gasteiger partial charge < -0.3 is 10.2 Å². The van der Waals surface area contributed by atoms with Gasteiger partial charge in [0.2, 0.25) is 0 Å². The van der Waals surface area contributed by atoms with E-state index in [0.717, 1.165) is 38.2 Å². The predicted molar refractivity (Wildman–Crippen MR) is 80.8 cm³/mol. The van der Waals surface area contributed by atoms with Crippen LogP contribution in [0.1, 0.15) is 47.7 Å². The fourth-order valence-electron chi connectivity index (χ4n) is 3.46. The van der Waals surface area contributed by atoms with Crippen molar-refractivity contribution in [2.75, 3.05) is 19.6 Å². The molecular formula is C17H24N2O. The molecule has 1 atom stereocenters. The lowest BCUT2D eigenvalue weighted by molar-refractivity contribution is 0.0786. The number of hydrogen-bond acceptors (Lipinski definition) is 2. The topological polar surface area (TPSA) is 32.3 Å². The van der Waals surface area contributed by atoms with Crippen molar-refractivity contribution in [1.29, 1.82) is 0 Å². The summed E-state index contributed by atoms with van der Waals surface area (Å²) < 4.78 is 0. The number of carbonyl (C=O) groups excluding carboxylic acids is 1. The number of hydrogen-bond donors (Lipinski definition) is 1. The molecular weight excluding hydrogens is 248 g/mol. The van der Waals surface area contributed by atoms with Gasteiger partial charge in [-0.15, -0.1) is 0 Å². The Morgan fingerprint density at radius 1 is 1.40 bits per heavy atom. The van der Waals surface area contributed by atoms with E-state index >= 15 is 0 Å². The maximum absolute atomic E-state index is 12.6. The van der Waals surface area contributed by atoms with Crippen LogP contribution in [0.4, 0.5) is 0 Å². The molecule has 0 bridgehead atoms. The molecule has 3 heteroatoms. The number of rotatable bonds is 3. The van der Waals surface area contributed by atoms with Gasteiger partial charge in [-0.05, 0) is 55.0 Å². The summed E-state index contributed by atoms with van der Waals surface area (Å²) in [7, 11) is 0. The average molecular weight is 272 g/mol. The summed E-state index contributed by atoms with van der Waals surface area (Å²) in [4.78, 5) is 14.6. The summed E-state index contributed by atoms with van der Waals surface area (Å²) in [6, 6.07) is 6.25. The molecule has 108 valence electrons. The van der Waals surface area contributed by atoms with Gasteiger partial charge in [-0.25, -0.2) is 0 Å². The molecule has 1 N–H and O–H groups in total. The van der Waals surface area contributed by atoms with E-state index in [1.165, 1.54) is 30.4 Å². The fraction of sp³-hybridized carbons (Fsp3) is 0.588. The Morgan fingerprint density at radius 3 is 3.15 bits per heavy atom. The van der Waals surface area contributed by atoms with Crippen molar-refractivity contribution in [3.63, 3.8) is 0 Å². The van der Waals surface area contributed by atoms with E-state index in [-0.39, 0.29) is 5.91 Å². The van der Waals surface area contributed by atoms with Crippen LogP contribution < -0.4 is 5.32 Å². The summed E-state index contributed by atoms with van der Waals surface area (Å²) in [5.41, 5.74) is 3.56. The molecule has 0 aromatic heterocycles. The molecule has 0 radical (unpaired) electrons. The standard InChI is InChI=1S/C17H24N2O/c1-2-3-13-7-9-19(12-13)17(20)15-5-4-14-6-8-18-11-16(14)10-15/h4-5,10,13,18H,2-3,6-9,11-12H2,1H3. The van der Waals surface area contributed by atoms with Gasteiger partial charge in [0.05, 0.1) is 0 Å². The lowest BCUT2D eigenvalue weighted by atomic mass is 9.98. The van der Waals surface area contributed by atoms with E-state index in [4.69, 9.17) is 0 Å². The second kappa shape index (κ2) is 5.96. The van der Waals surface area contributed by atoms with Crippen molar-refractivity contribution in [2.24, 2.45) is 5.92 Å². The molecule has 3 rings (SSSR count). The highest BCUT2D eigenvalue weighted by atomic mass is 16.2. The SMILES string of the molecule is CCCC1CCN(C(=O)c2ccc3c(c2)CNCC3)C1. The number of amides is 1. The molecule has 0 saturated carbocycles. The van der Waals surface area contributed by atoms with Gasteiger partial charge in [0, 0.05) is 25.2 Å². The maximum Gasteiger partial charge on any atom is 0.253 e. The van der Waals surface area contributed by atoms with Crippen LogP contribution in [-0.2, 0) is 13.0 Å². The van der Waals surface area contributed by atoms with Gasteiger partial charge in [-0.1, -0.05) is 19.4 Å². The minimum atomic E-state index is 0.219. The smallest absolute Gasteiger partial charge is 0.253 e. The third kappa shape index (κ3) is 2.73. The minimum absolute atomic E-state index is 0.219. The molecule has 20 heavy (non-hydrogen) atoms. The van der Waals surface area contributed by atoms with Crippen LogP contribution >= 0.6 is 0 Å². The van der Waals surface area contributed by atoms with Gasteiger partial charge in [0.15, 0.2) is 0 Å². The van der Waals surface area contributed by atoms with Crippen LogP contribution in [0, 0.1) is 5.92 Å². The maximum atomic E-state index is 12.6. The van der Waals surface area contributed by atoms with Crippen molar-refractivity contribution in [3.8, 4) is 0 Å². The third-order valence-corrected chi connectivity index (χ3v) is 4.61. The molecule has 3 nitrogen and oxygen atoms in total. The second-order valence-electron chi connectivity index (χ2n) is 6.10. The highest BCUT2D eigenvalue weighted by molar-refractivity contribution is 5.94. The Labute approximate surface area is 121 Å². The quantitative estimate of drug-likeness (QED) is 0.917. The van der Waals surface area contributed by atoms with E-state index in [9.17, 15) is 4.79 Å². The van der Waals surface area contributed by atoms with Crippen LogP contribution in [-0.4, -0.2) is 30.4 Å². The van der Waals surface area contributed by atoms with Crippen LogP contribution in [0.2, 0.25) is 0 Å². The lowest BCUT2D eigenvalue weighted by Crippen LogP contribution is -2.29. The van der Waals surface area contributed by atoms with E-state index in [1.54, 1.807) is 0 Å². The lowest BCUT2D eigenvalue weighted by Gasteiger charge is -2.20. The zero-order valence-corrected chi connectivity index (χ0v) is 12.3. The first-order valence-corrected chi connectivity index (χ1v) is 7.89. The summed E-state index contributed by atoms with van der Waals surface area (Å²) in [6.45, 7) is 6.04. The summed E-state index contributed by atoms with van der Waals surface area (Å²) in [5.74, 6) is 0.931. The molecule has 1 aromatic rings. The number of fused-ring (bicyclic) bond motifs is 1. The summed E-state index contributed by atoms with van der Waals surface area (Å²) in [6.07, 6.45) is 4.72. The molecule has 1 aromatic carbocycles. The number of nitrogens with zero attached hydrogens (tertiary/aromatic N) is 1. The van der Waals surface area contributed by atoms with Gasteiger partial charge in [-0.2, -0.15) is 0 Å². The van der Waals surface area contributed by atoms with E-state index in [0.29, 0.717) is 5.92 Å². The zero-order chi connectivity index (χ0) is 13.9. The zero-order valence-electron chi connectivity index (χ0n) is 12.3. The van der Waals surface area contributed by atoms with E-state index in [2.05, 4.69) is 24.4 Å². The van der Waals surface area contributed by atoms with Crippen LogP contribution in [0.5, 0.6) is 0 Å². The van der Waals surface area contributed by atoms with Gasteiger partial charge in [0.1, 0.15) is 0 Å². The van der Waals surface area contributed by atoms with Crippen molar-refractivity contribution in [3.05, 3.63) is 34.9 Å². The third-order valence-electron chi connectivity index (χ3n) is 4.61. The number of carbonyl (C=O) groups is 1. The number of likely N-dealkylation sites (tertiary alicyclic amines) is 1. The first-order chi connectivity index (χ1) is 9.78. The highest BCUT2D eigenvalue weighted by Crippen LogP contribution is 2.23. The van der Waals surface area contributed by atoms with Gasteiger partial charge in [0.25, 0.3) is 5.91 Å². The molecule has 2 heterocycles. The molecule has 0 aliphatic carbocycles. The minimum Gasteiger partial charge on any atom is -0.338 e. The monoisotopic (exact) mass is 272 g/mol. The molecule has 0 spiro atoms. The number of nitrogens with one attached hydrogen (secondary N) is 1. The highest BCUT2D eigenvalue weighted by Gasteiger charge is 2.26. The van der Waals surface area contributed by atoms with Crippen molar-refractivity contribution in [2.45, 2.75) is 39.2 Å². The van der Waals surface area contributed by atoms with Crippen LogP contribution in [0.3, 0.4) is 0 Å². The van der Waals surface area contributed by atoms with Crippen LogP contribution in [0.15, 0.2) is 18.2 Å². The van der Waals surface area contributed by atoms with Gasteiger partial charge in [-0.3, -0.25) is 4.79 Å². The van der Waals surface area contributed by atoms with Crippen molar-refractivity contribution < 1.29 is 4.79 Å². The molecule has 1 fully saturated rings. The fourth-order valence-corrected chi connectivity index (χ4v) is 3.46. The summed E-state index contributed by atoms with van der Waals surface area (Å²) in [5, 5.41) is 3.38. The largest absolute Gasteiger partial charge is 0.338 e. The summed E-state index contributed by atoms with van der Waals surface area (Å²) >= 11 is 0. The average Bonchev–Trinajstić information content (AvgIpc) is 2.95. The molecule has 2 aliphatic rings. The van der Waals surface area contributed by atoms with E-state index < -0.39 is 0 Å². The Balaban J connectivity index is 1.71.